The first-order chi connectivity index (χ1) is 9.08. The largest absolute Gasteiger partial charge is 0.385 e. The third-order valence-corrected chi connectivity index (χ3v) is 3.32. The Bertz CT molecular complexity index is 514. The predicted octanol–water partition coefficient (Wildman–Crippen LogP) is 2.95. The molecule has 100 valence electrons. The highest BCUT2D eigenvalue weighted by Crippen LogP contribution is 2.23. The van der Waals surface area contributed by atoms with E-state index in [1.54, 1.807) is 12.4 Å². The van der Waals surface area contributed by atoms with Crippen molar-refractivity contribution in [1.29, 1.82) is 0 Å². The molecule has 1 aromatic carbocycles. The summed E-state index contributed by atoms with van der Waals surface area (Å²) in [4.78, 5) is 8.24. The monoisotopic (exact) mass is 321 g/mol. The highest BCUT2D eigenvalue weighted by molar-refractivity contribution is 9.10. The van der Waals surface area contributed by atoms with Gasteiger partial charge in [-0.15, -0.1) is 0 Å². The van der Waals surface area contributed by atoms with E-state index in [4.69, 9.17) is 0 Å². The van der Waals surface area contributed by atoms with Gasteiger partial charge in [-0.1, -0.05) is 30.3 Å². The van der Waals surface area contributed by atoms with E-state index in [0.717, 1.165) is 10.0 Å². The number of halogens is 1. The Balaban J connectivity index is 1.90. The van der Waals surface area contributed by atoms with Crippen LogP contribution in [0.2, 0.25) is 0 Å². The summed E-state index contributed by atoms with van der Waals surface area (Å²) in [6.07, 6.45) is 3.95. The maximum absolute atomic E-state index is 10.4. The minimum absolute atomic E-state index is 0.562. The van der Waals surface area contributed by atoms with Crippen molar-refractivity contribution in [2.24, 2.45) is 0 Å². The van der Waals surface area contributed by atoms with E-state index < -0.39 is 5.60 Å². The summed E-state index contributed by atoms with van der Waals surface area (Å²) < 4.78 is 0.842. The number of nitrogens with one attached hydrogen (secondary N) is 1. The van der Waals surface area contributed by atoms with Crippen molar-refractivity contribution >= 4 is 21.9 Å². The molecule has 0 bridgehead atoms. The highest BCUT2D eigenvalue weighted by Gasteiger charge is 2.22. The van der Waals surface area contributed by atoms with Crippen LogP contribution in [0, 0.1) is 0 Å². The van der Waals surface area contributed by atoms with Crippen LogP contribution in [0.25, 0.3) is 0 Å². The Morgan fingerprint density at radius 3 is 2.47 bits per heavy atom. The molecule has 5 heteroatoms. The quantitative estimate of drug-likeness (QED) is 0.889. The molecule has 0 saturated heterocycles. The van der Waals surface area contributed by atoms with Crippen molar-refractivity contribution in [3.05, 3.63) is 52.8 Å². The lowest BCUT2D eigenvalue weighted by Crippen LogP contribution is -2.24. The van der Waals surface area contributed by atoms with E-state index in [0.29, 0.717) is 18.9 Å². The Kier molecular flexibility index (Phi) is 4.50. The Morgan fingerprint density at radius 1 is 1.21 bits per heavy atom. The molecule has 1 atom stereocenters. The van der Waals surface area contributed by atoms with E-state index in [2.05, 4.69) is 31.2 Å². The maximum Gasteiger partial charge on any atom is 0.222 e. The highest BCUT2D eigenvalue weighted by atomic mass is 79.9. The van der Waals surface area contributed by atoms with Gasteiger partial charge < -0.3 is 10.4 Å². The van der Waals surface area contributed by atoms with Crippen LogP contribution in [-0.2, 0) is 5.60 Å². The van der Waals surface area contributed by atoms with Gasteiger partial charge in [0, 0.05) is 18.9 Å². The smallest absolute Gasteiger partial charge is 0.222 e. The van der Waals surface area contributed by atoms with Gasteiger partial charge in [0.1, 0.15) is 0 Å². The molecule has 0 amide bonds. The molecule has 0 aliphatic carbocycles. The molecular weight excluding hydrogens is 306 g/mol. The molecule has 0 radical (unpaired) electrons. The molecule has 0 saturated carbocycles. The molecule has 0 aliphatic heterocycles. The van der Waals surface area contributed by atoms with Gasteiger partial charge in [0.15, 0.2) is 0 Å². The number of aliphatic hydroxyl groups is 1. The predicted molar refractivity (Wildman–Crippen MR) is 78.9 cm³/mol. The number of nitrogens with zero attached hydrogens (tertiary/aromatic N) is 2. The number of hydrogen-bond acceptors (Lipinski definition) is 4. The average molecular weight is 322 g/mol. The van der Waals surface area contributed by atoms with Crippen molar-refractivity contribution in [1.82, 2.24) is 9.97 Å². The van der Waals surface area contributed by atoms with Gasteiger partial charge in [0.2, 0.25) is 5.95 Å². The molecule has 0 fully saturated rings. The van der Waals surface area contributed by atoms with Crippen LogP contribution >= 0.6 is 15.9 Å². The molecule has 1 unspecified atom stereocenters. The summed E-state index contributed by atoms with van der Waals surface area (Å²) in [5, 5.41) is 13.5. The Labute approximate surface area is 121 Å². The first-order valence-corrected chi connectivity index (χ1v) is 6.86. The number of benzene rings is 1. The minimum atomic E-state index is -0.858. The summed E-state index contributed by atoms with van der Waals surface area (Å²) in [5.74, 6) is 0.562. The standard InChI is InChI=1S/C14H16BrN3O/c1-14(19,11-5-3-2-4-6-11)7-8-16-13-17-9-12(15)10-18-13/h2-6,9-10,19H,7-8H2,1H3,(H,16,17,18). The molecule has 0 aliphatic rings. The van der Waals surface area contributed by atoms with E-state index in [9.17, 15) is 5.11 Å². The van der Waals surface area contributed by atoms with Crippen molar-refractivity contribution in [2.75, 3.05) is 11.9 Å². The summed E-state index contributed by atoms with van der Waals surface area (Å²) in [7, 11) is 0. The van der Waals surface area contributed by atoms with Crippen molar-refractivity contribution in [3.8, 4) is 0 Å². The second kappa shape index (κ2) is 6.12. The molecule has 1 heterocycles. The lowest BCUT2D eigenvalue weighted by atomic mass is 9.93. The summed E-state index contributed by atoms with van der Waals surface area (Å²) in [6, 6.07) is 9.64. The second-order valence-corrected chi connectivity index (χ2v) is 5.46. The Morgan fingerprint density at radius 2 is 1.84 bits per heavy atom. The molecule has 4 nitrogen and oxygen atoms in total. The van der Waals surface area contributed by atoms with Crippen LogP contribution < -0.4 is 5.32 Å². The number of rotatable bonds is 5. The minimum Gasteiger partial charge on any atom is -0.385 e. The van der Waals surface area contributed by atoms with Crippen LogP contribution in [0.1, 0.15) is 18.9 Å². The van der Waals surface area contributed by atoms with E-state index >= 15 is 0 Å². The SMILES string of the molecule is CC(O)(CCNc1ncc(Br)cn1)c1ccccc1. The number of aromatic nitrogens is 2. The Hall–Kier alpha value is -1.46. The third-order valence-electron chi connectivity index (χ3n) is 2.91. The summed E-state index contributed by atoms with van der Waals surface area (Å²) in [6.45, 7) is 2.41. The van der Waals surface area contributed by atoms with Gasteiger partial charge >= 0.3 is 0 Å². The van der Waals surface area contributed by atoms with Gasteiger partial charge in [-0.25, -0.2) is 9.97 Å². The molecule has 0 spiro atoms. The van der Waals surface area contributed by atoms with Gasteiger partial charge in [-0.3, -0.25) is 0 Å². The fraction of sp³-hybridized carbons (Fsp3) is 0.286. The fourth-order valence-corrected chi connectivity index (χ4v) is 1.97. The summed E-state index contributed by atoms with van der Waals surface area (Å²) in [5.41, 5.74) is 0.0532. The first kappa shape index (κ1) is 14.0. The van der Waals surface area contributed by atoms with Gasteiger partial charge in [0.05, 0.1) is 10.1 Å². The van der Waals surface area contributed by atoms with Crippen molar-refractivity contribution in [3.63, 3.8) is 0 Å². The van der Waals surface area contributed by atoms with Crippen LogP contribution in [0.3, 0.4) is 0 Å². The second-order valence-electron chi connectivity index (χ2n) is 4.54. The zero-order valence-electron chi connectivity index (χ0n) is 10.7. The van der Waals surface area contributed by atoms with Crippen molar-refractivity contribution < 1.29 is 5.11 Å². The van der Waals surface area contributed by atoms with E-state index in [1.807, 2.05) is 37.3 Å². The van der Waals surface area contributed by atoms with Crippen LogP contribution in [0.15, 0.2) is 47.2 Å². The molecule has 19 heavy (non-hydrogen) atoms. The van der Waals surface area contributed by atoms with E-state index in [1.165, 1.54) is 0 Å². The van der Waals surface area contributed by atoms with Crippen molar-refractivity contribution in [2.45, 2.75) is 18.9 Å². The average Bonchev–Trinajstić information content (AvgIpc) is 2.42. The molecule has 2 N–H and O–H groups in total. The molecule has 2 aromatic rings. The lowest BCUT2D eigenvalue weighted by Gasteiger charge is -2.23. The molecular formula is C14H16BrN3O. The lowest BCUT2D eigenvalue weighted by molar-refractivity contribution is 0.0515. The van der Waals surface area contributed by atoms with Crippen LogP contribution in [-0.4, -0.2) is 21.6 Å². The van der Waals surface area contributed by atoms with Gasteiger partial charge in [0.25, 0.3) is 0 Å². The third kappa shape index (κ3) is 4.01. The van der Waals surface area contributed by atoms with Gasteiger partial charge in [-0.05, 0) is 34.8 Å². The van der Waals surface area contributed by atoms with E-state index in [-0.39, 0.29) is 0 Å². The zero-order chi connectivity index (χ0) is 13.7. The van der Waals surface area contributed by atoms with Gasteiger partial charge in [-0.2, -0.15) is 0 Å². The number of hydrogen-bond donors (Lipinski definition) is 2. The molecule has 1 aromatic heterocycles. The normalized spacial score (nSPS) is 13.8. The summed E-state index contributed by atoms with van der Waals surface area (Å²) >= 11 is 3.28. The fourth-order valence-electron chi connectivity index (χ4n) is 1.76. The maximum atomic E-state index is 10.4. The topological polar surface area (TPSA) is 58.0 Å². The van der Waals surface area contributed by atoms with Crippen LogP contribution in [0.5, 0.6) is 0 Å². The molecule has 2 rings (SSSR count). The zero-order valence-corrected chi connectivity index (χ0v) is 12.3. The first-order valence-electron chi connectivity index (χ1n) is 6.07. The van der Waals surface area contributed by atoms with Crippen LogP contribution in [0.4, 0.5) is 5.95 Å². The number of anilines is 1.